The van der Waals surface area contributed by atoms with Crippen molar-refractivity contribution in [3.63, 3.8) is 0 Å². The van der Waals surface area contributed by atoms with E-state index in [1.807, 2.05) is 0 Å². The van der Waals surface area contributed by atoms with Gasteiger partial charge in [-0.1, -0.05) is 25.8 Å². The summed E-state index contributed by atoms with van der Waals surface area (Å²) in [6.45, 7) is 3.88. The molecule has 120 valence electrons. The van der Waals surface area contributed by atoms with Crippen LogP contribution in [0.4, 0.5) is 5.69 Å². The maximum Gasteiger partial charge on any atom is 0.336 e. The van der Waals surface area contributed by atoms with E-state index in [4.69, 9.17) is 9.84 Å². The molecular weight excluding hydrogens is 282 g/mol. The van der Waals surface area contributed by atoms with Gasteiger partial charge in [0.25, 0.3) is 0 Å². The normalized spacial score (nSPS) is 21.4. The Morgan fingerprint density at radius 2 is 2.05 bits per heavy atom. The minimum absolute atomic E-state index is 0.00525. The fourth-order valence-corrected chi connectivity index (χ4v) is 2.84. The zero-order chi connectivity index (χ0) is 16.1. The van der Waals surface area contributed by atoms with Crippen molar-refractivity contribution < 1.29 is 19.4 Å². The molecule has 2 N–H and O–H groups in total. The van der Waals surface area contributed by atoms with E-state index in [9.17, 15) is 9.59 Å². The summed E-state index contributed by atoms with van der Waals surface area (Å²) in [5.74, 6) is -0.765. The molecule has 0 spiro atoms. The number of carbonyl (C=O) groups excluding carboxylic acids is 1. The van der Waals surface area contributed by atoms with Crippen LogP contribution in [0, 0.1) is 12.8 Å². The molecule has 0 aromatic heterocycles. The Bertz CT molecular complexity index is 556. The van der Waals surface area contributed by atoms with Gasteiger partial charge in [0.2, 0.25) is 5.91 Å². The van der Waals surface area contributed by atoms with Gasteiger partial charge < -0.3 is 15.2 Å². The van der Waals surface area contributed by atoms with Crippen molar-refractivity contribution in [1.82, 2.24) is 0 Å². The predicted molar refractivity (Wildman–Crippen MR) is 84.1 cm³/mol. The third-order valence-corrected chi connectivity index (χ3v) is 4.21. The maximum atomic E-state index is 11.9. The zero-order valence-corrected chi connectivity index (χ0v) is 13.1. The molecule has 2 rings (SSSR count). The molecule has 1 aliphatic rings. The molecular formula is C17H23NO4. The summed E-state index contributed by atoms with van der Waals surface area (Å²) in [5.41, 5.74) is 1.34. The molecule has 0 aliphatic heterocycles. The van der Waals surface area contributed by atoms with E-state index in [0.717, 1.165) is 19.3 Å². The number of ether oxygens (including phenoxy) is 1. The van der Waals surface area contributed by atoms with Crippen LogP contribution in [0.15, 0.2) is 18.2 Å². The summed E-state index contributed by atoms with van der Waals surface area (Å²) in [5, 5.41) is 11.8. The second-order valence-corrected chi connectivity index (χ2v) is 5.99. The lowest BCUT2D eigenvalue weighted by Crippen LogP contribution is -2.29. The van der Waals surface area contributed by atoms with Gasteiger partial charge in [0, 0.05) is 5.69 Å². The van der Waals surface area contributed by atoms with Gasteiger partial charge in [-0.05, 0) is 43.4 Å². The average molecular weight is 305 g/mol. The van der Waals surface area contributed by atoms with Crippen molar-refractivity contribution in [3.05, 3.63) is 29.3 Å². The first-order chi connectivity index (χ1) is 10.5. The van der Waals surface area contributed by atoms with Crippen molar-refractivity contribution >= 4 is 17.6 Å². The molecule has 1 saturated carbocycles. The summed E-state index contributed by atoms with van der Waals surface area (Å²) in [4.78, 5) is 23.0. The van der Waals surface area contributed by atoms with Crippen LogP contribution in [0.25, 0.3) is 0 Å². The summed E-state index contributed by atoms with van der Waals surface area (Å²) >= 11 is 0. The molecule has 5 nitrogen and oxygen atoms in total. The largest absolute Gasteiger partial charge is 0.478 e. The average Bonchev–Trinajstić information content (AvgIpc) is 2.48. The van der Waals surface area contributed by atoms with Crippen LogP contribution >= 0.6 is 0 Å². The molecule has 1 aromatic rings. The van der Waals surface area contributed by atoms with Crippen LogP contribution in [0.3, 0.4) is 0 Å². The van der Waals surface area contributed by atoms with Crippen LogP contribution in [-0.2, 0) is 9.53 Å². The summed E-state index contributed by atoms with van der Waals surface area (Å²) in [7, 11) is 0. The number of nitrogens with one attached hydrogen (secondary N) is 1. The number of benzene rings is 1. The number of anilines is 1. The minimum Gasteiger partial charge on any atom is -0.478 e. The number of hydrogen-bond acceptors (Lipinski definition) is 3. The standard InChI is InChI=1S/C17H23NO4/c1-11-7-8-13(9-14(11)17(20)21)18-16(19)10-22-15-6-4-3-5-12(15)2/h7-9,12,15H,3-6,10H2,1-2H3,(H,18,19)(H,20,21). The van der Waals surface area contributed by atoms with Crippen LogP contribution in [0.2, 0.25) is 0 Å². The van der Waals surface area contributed by atoms with Gasteiger partial charge in [-0.15, -0.1) is 0 Å². The van der Waals surface area contributed by atoms with E-state index in [0.29, 0.717) is 17.2 Å². The highest BCUT2D eigenvalue weighted by molar-refractivity contribution is 5.95. The molecule has 1 aliphatic carbocycles. The molecule has 0 saturated heterocycles. The topological polar surface area (TPSA) is 75.6 Å². The number of amides is 1. The zero-order valence-electron chi connectivity index (χ0n) is 13.1. The lowest BCUT2D eigenvalue weighted by Gasteiger charge is -2.28. The first-order valence-corrected chi connectivity index (χ1v) is 7.72. The fraction of sp³-hybridized carbons (Fsp3) is 0.529. The molecule has 5 heteroatoms. The number of aryl methyl sites for hydroxylation is 1. The number of rotatable bonds is 5. The van der Waals surface area contributed by atoms with Crippen molar-refractivity contribution in [2.45, 2.75) is 45.6 Å². The Kier molecular flexibility index (Phi) is 5.55. The van der Waals surface area contributed by atoms with E-state index in [1.54, 1.807) is 19.1 Å². The van der Waals surface area contributed by atoms with Crippen LogP contribution in [0.1, 0.15) is 48.5 Å². The Labute approximate surface area is 130 Å². The van der Waals surface area contributed by atoms with Gasteiger partial charge in [0.15, 0.2) is 0 Å². The third-order valence-electron chi connectivity index (χ3n) is 4.21. The smallest absolute Gasteiger partial charge is 0.336 e. The highest BCUT2D eigenvalue weighted by Gasteiger charge is 2.22. The van der Waals surface area contributed by atoms with Crippen molar-refractivity contribution in [2.24, 2.45) is 5.92 Å². The van der Waals surface area contributed by atoms with Crippen molar-refractivity contribution in [3.8, 4) is 0 Å². The molecule has 0 radical (unpaired) electrons. The monoisotopic (exact) mass is 305 g/mol. The molecule has 1 aromatic carbocycles. The molecule has 0 heterocycles. The molecule has 2 unspecified atom stereocenters. The second-order valence-electron chi connectivity index (χ2n) is 5.99. The first kappa shape index (κ1) is 16.5. The molecule has 1 fully saturated rings. The number of carboxylic acids is 1. The van der Waals surface area contributed by atoms with Gasteiger partial charge in [-0.3, -0.25) is 4.79 Å². The van der Waals surface area contributed by atoms with E-state index < -0.39 is 5.97 Å². The number of carboxylic acid groups (broad SMARTS) is 1. The lowest BCUT2D eigenvalue weighted by molar-refractivity contribution is -0.124. The van der Waals surface area contributed by atoms with Gasteiger partial charge in [-0.2, -0.15) is 0 Å². The Hall–Kier alpha value is -1.88. The van der Waals surface area contributed by atoms with E-state index >= 15 is 0 Å². The SMILES string of the molecule is Cc1ccc(NC(=O)COC2CCCCC2C)cc1C(=O)O. The summed E-state index contributed by atoms with van der Waals surface area (Å²) in [6.07, 6.45) is 4.67. The third kappa shape index (κ3) is 4.31. The van der Waals surface area contributed by atoms with Gasteiger partial charge in [0.05, 0.1) is 11.7 Å². The molecule has 1 amide bonds. The second kappa shape index (κ2) is 7.40. The van der Waals surface area contributed by atoms with E-state index in [1.165, 1.54) is 12.5 Å². The van der Waals surface area contributed by atoms with Crippen molar-refractivity contribution in [1.29, 1.82) is 0 Å². The van der Waals surface area contributed by atoms with E-state index in [-0.39, 0.29) is 24.2 Å². The van der Waals surface area contributed by atoms with Crippen LogP contribution < -0.4 is 5.32 Å². The number of hydrogen-bond donors (Lipinski definition) is 2. The fourth-order valence-electron chi connectivity index (χ4n) is 2.84. The highest BCUT2D eigenvalue weighted by Crippen LogP contribution is 2.26. The predicted octanol–water partition coefficient (Wildman–Crippen LogP) is 3.23. The quantitative estimate of drug-likeness (QED) is 0.875. The van der Waals surface area contributed by atoms with Gasteiger partial charge >= 0.3 is 5.97 Å². The minimum atomic E-state index is -0.999. The molecule has 22 heavy (non-hydrogen) atoms. The Morgan fingerprint density at radius 3 is 2.73 bits per heavy atom. The lowest BCUT2D eigenvalue weighted by atomic mass is 9.88. The van der Waals surface area contributed by atoms with Gasteiger partial charge in [0.1, 0.15) is 6.61 Å². The van der Waals surface area contributed by atoms with Crippen molar-refractivity contribution in [2.75, 3.05) is 11.9 Å². The molecule has 0 bridgehead atoms. The summed E-state index contributed by atoms with van der Waals surface area (Å²) in [6, 6.07) is 4.85. The van der Waals surface area contributed by atoms with E-state index in [2.05, 4.69) is 12.2 Å². The van der Waals surface area contributed by atoms with Crippen LogP contribution in [0.5, 0.6) is 0 Å². The maximum absolute atomic E-state index is 11.9. The van der Waals surface area contributed by atoms with Gasteiger partial charge in [-0.25, -0.2) is 4.79 Å². The Morgan fingerprint density at radius 1 is 1.32 bits per heavy atom. The first-order valence-electron chi connectivity index (χ1n) is 7.72. The Balaban J connectivity index is 1.89. The summed E-state index contributed by atoms with van der Waals surface area (Å²) < 4.78 is 5.70. The highest BCUT2D eigenvalue weighted by atomic mass is 16.5. The molecule has 2 atom stereocenters. The number of aromatic carboxylic acids is 1. The van der Waals surface area contributed by atoms with Crippen LogP contribution in [-0.4, -0.2) is 29.7 Å². The number of carbonyl (C=O) groups is 2.